The Hall–Kier alpha value is -1.61. The van der Waals surface area contributed by atoms with Crippen LogP contribution in [0.4, 0.5) is 0 Å². The minimum Gasteiger partial charge on any atom is -0.314 e. The van der Waals surface area contributed by atoms with Crippen LogP contribution < -0.4 is 5.32 Å². The molecule has 1 fully saturated rings. The van der Waals surface area contributed by atoms with Gasteiger partial charge in [-0.3, -0.25) is 5.10 Å². The summed E-state index contributed by atoms with van der Waals surface area (Å²) >= 11 is 0. The number of aromatic nitrogens is 2. The van der Waals surface area contributed by atoms with Gasteiger partial charge in [-0.05, 0) is 31.9 Å². The second-order valence-corrected chi connectivity index (χ2v) is 5.13. The first-order chi connectivity index (χ1) is 8.83. The van der Waals surface area contributed by atoms with Crippen LogP contribution >= 0.6 is 0 Å². The zero-order valence-electron chi connectivity index (χ0n) is 10.7. The van der Waals surface area contributed by atoms with Gasteiger partial charge in [-0.2, -0.15) is 5.10 Å². The van der Waals surface area contributed by atoms with Gasteiger partial charge < -0.3 is 5.32 Å². The fourth-order valence-electron chi connectivity index (χ4n) is 2.63. The molecule has 1 unspecified atom stereocenters. The zero-order valence-corrected chi connectivity index (χ0v) is 10.7. The van der Waals surface area contributed by atoms with Crippen molar-refractivity contribution in [1.82, 2.24) is 15.5 Å². The molecule has 3 heteroatoms. The van der Waals surface area contributed by atoms with Crippen LogP contribution in [0.1, 0.15) is 24.1 Å². The van der Waals surface area contributed by atoms with E-state index in [1.165, 1.54) is 35.2 Å². The molecule has 0 bridgehead atoms. The molecular weight excluding hydrogens is 222 g/mol. The van der Waals surface area contributed by atoms with Crippen LogP contribution in [0, 0.1) is 6.92 Å². The van der Waals surface area contributed by atoms with E-state index in [9.17, 15) is 0 Å². The first-order valence-corrected chi connectivity index (χ1v) is 6.65. The molecule has 1 aromatic carbocycles. The van der Waals surface area contributed by atoms with Crippen LogP contribution in [-0.4, -0.2) is 22.8 Å². The van der Waals surface area contributed by atoms with Gasteiger partial charge in [0.05, 0.1) is 6.20 Å². The van der Waals surface area contributed by atoms with Crippen molar-refractivity contribution in [2.24, 2.45) is 0 Å². The molecule has 18 heavy (non-hydrogen) atoms. The molecular formula is C15H19N3. The van der Waals surface area contributed by atoms with Crippen molar-refractivity contribution in [2.45, 2.75) is 32.2 Å². The number of rotatable bonds is 3. The van der Waals surface area contributed by atoms with Crippen LogP contribution in [0.5, 0.6) is 0 Å². The number of hydrogen-bond acceptors (Lipinski definition) is 2. The number of H-pyrrole nitrogens is 1. The number of nitrogens with zero attached hydrogens (tertiary/aromatic N) is 1. The minimum absolute atomic E-state index is 0.606. The lowest BCUT2D eigenvalue weighted by atomic mass is 10.0. The van der Waals surface area contributed by atoms with E-state index in [4.69, 9.17) is 0 Å². The molecule has 0 spiro atoms. The number of aryl methyl sites for hydroxylation is 1. The second kappa shape index (κ2) is 4.94. The van der Waals surface area contributed by atoms with Crippen LogP contribution in [0.2, 0.25) is 0 Å². The molecule has 1 aromatic heterocycles. The molecule has 0 aliphatic carbocycles. The van der Waals surface area contributed by atoms with E-state index >= 15 is 0 Å². The Balaban J connectivity index is 1.84. The Morgan fingerprint density at radius 2 is 2.11 bits per heavy atom. The van der Waals surface area contributed by atoms with Crippen molar-refractivity contribution in [3.63, 3.8) is 0 Å². The standard InChI is InChI=1S/C15H19N3/c1-11-4-6-12(7-5-11)14-10-17-18-15(14)9-13-3-2-8-16-13/h4-7,10,13,16H,2-3,8-9H2,1H3,(H,17,18). The highest BCUT2D eigenvalue weighted by Gasteiger charge is 2.17. The molecule has 3 rings (SSSR count). The normalized spacial score (nSPS) is 19.3. The lowest BCUT2D eigenvalue weighted by Gasteiger charge is -2.10. The van der Waals surface area contributed by atoms with Gasteiger partial charge in [0.2, 0.25) is 0 Å². The number of aromatic amines is 1. The summed E-state index contributed by atoms with van der Waals surface area (Å²) in [6.07, 6.45) is 5.54. The average molecular weight is 241 g/mol. The average Bonchev–Trinajstić information content (AvgIpc) is 3.02. The SMILES string of the molecule is Cc1ccc(-c2cn[nH]c2CC2CCCN2)cc1. The van der Waals surface area contributed by atoms with Crippen LogP contribution in [0.3, 0.4) is 0 Å². The number of benzene rings is 1. The quantitative estimate of drug-likeness (QED) is 0.867. The molecule has 2 heterocycles. The third kappa shape index (κ3) is 2.31. The maximum absolute atomic E-state index is 4.21. The molecule has 1 aliphatic heterocycles. The van der Waals surface area contributed by atoms with Gasteiger partial charge in [0, 0.05) is 23.7 Å². The zero-order chi connectivity index (χ0) is 12.4. The lowest BCUT2D eigenvalue weighted by Crippen LogP contribution is -2.24. The minimum atomic E-state index is 0.606. The summed E-state index contributed by atoms with van der Waals surface area (Å²) in [4.78, 5) is 0. The molecule has 1 atom stereocenters. The Kier molecular flexibility index (Phi) is 3.15. The number of nitrogens with one attached hydrogen (secondary N) is 2. The third-order valence-corrected chi connectivity index (χ3v) is 3.69. The highest BCUT2D eigenvalue weighted by molar-refractivity contribution is 5.65. The second-order valence-electron chi connectivity index (χ2n) is 5.13. The highest BCUT2D eigenvalue weighted by Crippen LogP contribution is 2.24. The Morgan fingerprint density at radius 1 is 1.28 bits per heavy atom. The van der Waals surface area contributed by atoms with Gasteiger partial charge >= 0.3 is 0 Å². The first kappa shape index (κ1) is 11.5. The number of hydrogen-bond donors (Lipinski definition) is 2. The Morgan fingerprint density at radius 3 is 2.83 bits per heavy atom. The van der Waals surface area contributed by atoms with Gasteiger partial charge in [0.15, 0.2) is 0 Å². The van der Waals surface area contributed by atoms with Crippen molar-refractivity contribution in [3.05, 3.63) is 41.7 Å². The molecule has 94 valence electrons. The van der Waals surface area contributed by atoms with Crippen molar-refractivity contribution in [1.29, 1.82) is 0 Å². The largest absolute Gasteiger partial charge is 0.314 e. The summed E-state index contributed by atoms with van der Waals surface area (Å²) in [5.74, 6) is 0. The maximum Gasteiger partial charge on any atom is 0.0568 e. The fraction of sp³-hybridized carbons (Fsp3) is 0.400. The Labute approximate surface area is 108 Å². The summed E-state index contributed by atoms with van der Waals surface area (Å²) in [5, 5.41) is 10.9. The highest BCUT2D eigenvalue weighted by atomic mass is 15.1. The molecule has 3 nitrogen and oxygen atoms in total. The van der Waals surface area contributed by atoms with Gasteiger partial charge in [-0.1, -0.05) is 29.8 Å². The summed E-state index contributed by atoms with van der Waals surface area (Å²) in [5.41, 5.74) is 5.03. The predicted octanol–water partition coefficient (Wildman–Crippen LogP) is 2.68. The van der Waals surface area contributed by atoms with E-state index in [1.807, 2.05) is 6.20 Å². The van der Waals surface area contributed by atoms with Gasteiger partial charge in [0.25, 0.3) is 0 Å². The fourth-order valence-corrected chi connectivity index (χ4v) is 2.63. The third-order valence-electron chi connectivity index (χ3n) is 3.69. The van der Waals surface area contributed by atoms with Gasteiger partial charge in [-0.15, -0.1) is 0 Å². The molecule has 0 radical (unpaired) electrons. The van der Waals surface area contributed by atoms with E-state index in [-0.39, 0.29) is 0 Å². The maximum atomic E-state index is 4.21. The van der Waals surface area contributed by atoms with Crippen LogP contribution in [0.15, 0.2) is 30.5 Å². The van der Waals surface area contributed by atoms with E-state index in [0.717, 1.165) is 13.0 Å². The monoisotopic (exact) mass is 241 g/mol. The van der Waals surface area contributed by atoms with E-state index in [1.54, 1.807) is 0 Å². The van der Waals surface area contributed by atoms with Gasteiger partial charge in [0.1, 0.15) is 0 Å². The van der Waals surface area contributed by atoms with Gasteiger partial charge in [-0.25, -0.2) is 0 Å². The molecule has 0 saturated carbocycles. The summed E-state index contributed by atoms with van der Waals surface area (Å²) < 4.78 is 0. The van der Waals surface area contributed by atoms with Crippen LogP contribution in [-0.2, 0) is 6.42 Å². The topological polar surface area (TPSA) is 40.7 Å². The molecule has 2 N–H and O–H groups in total. The van der Waals surface area contributed by atoms with Crippen molar-refractivity contribution >= 4 is 0 Å². The van der Waals surface area contributed by atoms with Crippen molar-refractivity contribution < 1.29 is 0 Å². The Bertz CT molecular complexity index is 507. The van der Waals surface area contributed by atoms with Crippen molar-refractivity contribution in [3.8, 4) is 11.1 Å². The van der Waals surface area contributed by atoms with E-state index < -0.39 is 0 Å². The van der Waals surface area contributed by atoms with Crippen LogP contribution in [0.25, 0.3) is 11.1 Å². The predicted molar refractivity (Wildman–Crippen MR) is 73.5 cm³/mol. The first-order valence-electron chi connectivity index (χ1n) is 6.65. The molecule has 1 saturated heterocycles. The van der Waals surface area contributed by atoms with E-state index in [2.05, 4.69) is 46.7 Å². The van der Waals surface area contributed by atoms with E-state index in [0.29, 0.717) is 6.04 Å². The summed E-state index contributed by atoms with van der Waals surface area (Å²) in [7, 11) is 0. The summed E-state index contributed by atoms with van der Waals surface area (Å²) in [6, 6.07) is 9.26. The summed E-state index contributed by atoms with van der Waals surface area (Å²) in [6.45, 7) is 3.27. The molecule has 0 amide bonds. The molecule has 2 aromatic rings. The van der Waals surface area contributed by atoms with Crippen molar-refractivity contribution in [2.75, 3.05) is 6.54 Å². The smallest absolute Gasteiger partial charge is 0.0568 e. The molecule has 1 aliphatic rings. The lowest BCUT2D eigenvalue weighted by molar-refractivity contribution is 0.595.